The molecule has 1 N–H and O–H groups in total. The van der Waals surface area contributed by atoms with Gasteiger partial charge in [0, 0.05) is 22.3 Å². The molecule has 3 heteroatoms. The maximum Gasteiger partial charge on any atom is 0.00871 e. The van der Waals surface area contributed by atoms with Crippen molar-refractivity contribution in [3.8, 4) is 0 Å². The Morgan fingerprint density at radius 1 is 1.50 bits per heavy atom. The number of nitrogens with zero attached hydrogens (tertiary/aromatic N) is 1. The second-order valence-corrected chi connectivity index (χ2v) is 7.17. The van der Waals surface area contributed by atoms with Crippen LogP contribution in [0.4, 0.5) is 0 Å². The molecule has 18 heavy (non-hydrogen) atoms. The third-order valence-electron chi connectivity index (χ3n) is 3.78. The highest BCUT2D eigenvalue weighted by atomic mass is 32.1. The summed E-state index contributed by atoms with van der Waals surface area (Å²) in [5, 5.41) is 3.71. The van der Waals surface area contributed by atoms with E-state index in [0.29, 0.717) is 6.04 Å². The summed E-state index contributed by atoms with van der Waals surface area (Å²) < 4.78 is 0. The number of thiophene rings is 1. The Bertz CT molecular complexity index is 361. The fraction of sp³-hybridized carbons (Fsp3) is 0.733. The minimum absolute atomic E-state index is 0.593. The van der Waals surface area contributed by atoms with Crippen LogP contribution in [0.25, 0.3) is 0 Å². The average molecular weight is 266 g/mol. The van der Waals surface area contributed by atoms with Crippen molar-refractivity contribution in [3.63, 3.8) is 0 Å². The van der Waals surface area contributed by atoms with E-state index >= 15 is 0 Å². The zero-order valence-electron chi connectivity index (χ0n) is 11.9. The third kappa shape index (κ3) is 4.38. The van der Waals surface area contributed by atoms with Crippen LogP contribution in [-0.2, 0) is 6.42 Å². The quantitative estimate of drug-likeness (QED) is 0.881. The summed E-state index contributed by atoms with van der Waals surface area (Å²) in [5.41, 5.74) is 0. The molecule has 0 radical (unpaired) electrons. The monoisotopic (exact) mass is 266 g/mol. The number of piperidine rings is 1. The highest BCUT2D eigenvalue weighted by Crippen LogP contribution is 2.17. The number of likely N-dealkylation sites (tertiary alicyclic amines) is 1. The molecule has 1 aliphatic heterocycles. The topological polar surface area (TPSA) is 15.3 Å². The molecule has 1 aromatic rings. The smallest absolute Gasteiger partial charge is 0.00871 e. The highest BCUT2D eigenvalue weighted by Gasteiger charge is 2.17. The van der Waals surface area contributed by atoms with Crippen LogP contribution >= 0.6 is 11.3 Å². The summed E-state index contributed by atoms with van der Waals surface area (Å²) in [5.74, 6) is 0.844. The van der Waals surface area contributed by atoms with Gasteiger partial charge in [-0.05, 0) is 71.3 Å². The van der Waals surface area contributed by atoms with Crippen molar-refractivity contribution in [3.05, 3.63) is 21.9 Å². The first-order valence-corrected chi connectivity index (χ1v) is 7.92. The summed E-state index contributed by atoms with van der Waals surface area (Å²) >= 11 is 1.93. The number of hydrogen-bond donors (Lipinski definition) is 1. The molecular weight excluding hydrogens is 240 g/mol. The van der Waals surface area contributed by atoms with Gasteiger partial charge >= 0.3 is 0 Å². The van der Waals surface area contributed by atoms with Gasteiger partial charge in [0.2, 0.25) is 0 Å². The molecule has 102 valence electrons. The maximum absolute atomic E-state index is 3.71. The van der Waals surface area contributed by atoms with Gasteiger partial charge in [-0.2, -0.15) is 0 Å². The molecule has 0 aliphatic carbocycles. The van der Waals surface area contributed by atoms with Gasteiger partial charge in [-0.1, -0.05) is 0 Å². The van der Waals surface area contributed by atoms with Crippen LogP contribution in [0.2, 0.25) is 0 Å². The number of nitrogens with one attached hydrogen (secondary N) is 1. The van der Waals surface area contributed by atoms with Crippen LogP contribution in [0.15, 0.2) is 12.1 Å². The number of rotatable bonds is 5. The average Bonchev–Trinajstić information content (AvgIpc) is 2.72. The van der Waals surface area contributed by atoms with Gasteiger partial charge in [0.25, 0.3) is 0 Å². The fourth-order valence-corrected chi connectivity index (χ4v) is 3.80. The van der Waals surface area contributed by atoms with Crippen LogP contribution in [0.3, 0.4) is 0 Å². The lowest BCUT2D eigenvalue weighted by molar-refractivity contribution is 0.203. The highest BCUT2D eigenvalue weighted by molar-refractivity contribution is 7.11. The Morgan fingerprint density at radius 2 is 2.33 bits per heavy atom. The van der Waals surface area contributed by atoms with Crippen LogP contribution in [0.5, 0.6) is 0 Å². The third-order valence-corrected chi connectivity index (χ3v) is 4.80. The van der Waals surface area contributed by atoms with Crippen molar-refractivity contribution in [1.82, 2.24) is 10.2 Å². The second-order valence-electron chi connectivity index (χ2n) is 5.80. The molecule has 0 bridgehead atoms. The normalized spacial score (nSPS) is 23.2. The fourth-order valence-electron chi connectivity index (χ4n) is 2.78. The van der Waals surface area contributed by atoms with Gasteiger partial charge in [0.1, 0.15) is 0 Å². The zero-order valence-corrected chi connectivity index (χ0v) is 12.7. The molecular formula is C15H26N2S. The van der Waals surface area contributed by atoms with Gasteiger partial charge in [0.05, 0.1) is 0 Å². The summed E-state index contributed by atoms with van der Waals surface area (Å²) in [4.78, 5) is 5.39. The first-order valence-electron chi connectivity index (χ1n) is 7.10. The van der Waals surface area contributed by atoms with E-state index in [1.807, 2.05) is 11.3 Å². The van der Waals surface area contributed by atoms with Gasteiger partial charge in [0.15, 0.2) is 0 Å². The van der Waals surface area contributed by atoms with E-state index < -0.39 is 0 Å². The molecule has 1 fully saturated rings. The SMILES string of the molecule is Cc1ccc(CC(C)NCC2CCCN(C)C2)s1. The predicted octanol–water partition coefficient (Wildman–Crippen LogP) is 2.92. The number of aryl methyl sites for hydroxylation is 1. The van der Waals surface area contributed by atoms with Gasteiger partial charge in [-0.15, -0.1) is 11.3 Å². The largest absolute Gasteiger partial charge is 0.314 e. The minimum Gasteiger partial charge on any atom is -0.314 e. The second kappa shape index (κ2) is 6.69. The Balaban J connectivity index is 1.69. The summed E-state index contributed by atoms with van der Waals surface area (Å²) in [6.45, 7) is 8.21. The molecule has 2 atom stereocenters. The Morgan fingerprint density at radius 3 is 3.00 bits per heavy atom. The van der Waals surface area contributed by atoms with Crippen molar-refractivity contribution in [2.75, 3.05) is 26.7 Å². The number of hydrogen-bond acceptors (Lipinski definition) is 3. The molecule has 0 amide bonds. The molecule has 2 unspecified atom stereocenters. The lowest BCUT2D eigenvalue weighted by Gasteiger charge is -2.30. The molecule has 0 aromatic carbocycles. The molecule has 2 rings (SSSR count). The van der Waals surface area contributed by atoms with Gasteiger partial charge < -0.3 is 10.2 Å². The minimum atomic E-state index is 0.593. The van der Waals surface area contributed by atoms with Crippen molar-refractivity contribution >= 4 is 11.3 Å². The summed E-state index contributed by atoms with van der Waals surface area (Å²) in [7, 11) is 2.24. The first-order chi connectivity index (χ1) is 8.63. The van der Waals surface area contributed by atoms with Crippen LogP contribution in [0.1, 0.15) is 29.5 Å². The van der Waals surface area contributed by atoms with Gasteiger partial charge in [-0.25, -0.2) is 0 Å². The van der Waals surface area contributed by atoms with Crippen LogP contribution in [-0.4, -0.2) is 37.6 Å². The molecule has 0 spiro atoms. The van der Waals surface area contributed by atoms with E-state index in [9.17, 15) is 0 Å². The van der Waals surface area contributed by atoms with Crippen molar-refractivity contribution in [1.29, 1.82) is 0 Å². The Labute approximate surface area is 115 Å². The Hall–Kier alpha value is -0.380. The predicted molar refractivity (Wildman–Crippen MR) is 80.4 cm³/mol. The van der Waals surface area contributed by atoms with Crippen molar-refractivity contribution in [2.24, 2.45) is 5.92 Å². The van der Waals surface area contributed by atoms with E-state index in [4.69, 9.17) is 0 Å². The zero-order chi connectivity index (χ0) is 13.0. The summed E-state index contributed by atoms with van der Waals surface area (Å²) in [6, 6.07) is 5.09. The van der Waals surface area contributed by atoms with Crippen molar-refractivity contribution < 1.29 is 0 Å². The summed E-state index contributed by atoms with van der Waals surface area (Å²) in [6.07, 6.45) is 3.92. The molecule has 1 saturated heterocycles. The lowest BCUT2D eigenvalue weighted by atomic mass is 9.98. The van der Waals surface area contributed by atoms with Crippen LogP contribution in [0, 0.1) is 12.8 Å². The standard InChI is InChI=1S/C15H26N2S/c1-12(9-15-7-6-13(2)18-15)16-10-14-5-4-8-17(3)11-14/h6-7,12,14,16H,4-5,8-11H2,1-3H3. The Kier molecular flexibility index (Phi) is 5.22. The van der Waals surface area contributed by atoms with E-state index in [1.54, 1.807) is 0 Å². The van der Waals surface area contributed by atoms with E-state index in [1.165, 1.54) is 48.7 Å². The lowest BCUT2D eigenvalue weighted by Crippen LogP contribution is -2.40. The molecule has 1 aromatic heterocycles. The van der Waals surface area contributed by atoms with Crippen molar-refractivity contribution in [2.45, 2.75) is 39.2 Å². The first kappa shape index (κ1) is 14.0. The van der Waals surface area contributed by atoms with Crippen LogP contribution < -0.4 is 5.32 Å². The molecule has 2 nitrogen and oxygen atoms in total. The maximum atomic E-state index is 3.71. The van der Waals surface area contributed by atoms with Gasteiger partial charge in [-0.3, -0.25) is 0 Å². The van der Waals surface area contributed by atoms with E-state index in [2.05, 4.69) is 43.2 Å². The molecule has 0 saturated carbocycles. The van der Waals surface area contributed by atoms with E-state index in [0.717, 1.165) is 5.92 Å². The molecule has 1 aliphatic rings. The van der Waals surface area contributed by atoms with E-state index in [-0.39, 0.29) is 0 Å². The molecule has 2 heterocycles.